The third kappa shape index (κ3) is 4.35. The highest BCUT2D eigenvalue weighted by molar-refractivity contribution is 5.78. The van der Waals surface area contributed by atoms with Crippen LogP contribution in [0.1, 0.15) is 31.4 Å². The Kier molecular flexibility index (Phi) is 5.55. The quantitative estimate of drug-likeness (QED) is 0.718. The SMILES string of the molecule is O=C(Cc1cn2ccccc2n1)NCCCCCCO. The molecule has 2 rings (SSSR count). The number of carbonyl (C=O) groups is 1. The van der Waals surface area contributed by atoms with Crippen LogP contribution in [0.3, 0.4) is 0 Å². The van der Waals surface area contributed by atoms with Crippen molar-refractivity contribution in [1.29, 1.82) is 0 Å². The Labute approximate surface area is 118 Å². The van der Waals surface area contributed by atoms with Crippen LogP contribution in [0.15, 0.2) is 30.6 Å². The second-order valence-corrected chi connectivity index (χ2v) is 4.86. The first-order chi connectivity index (χ1) is 9.79. The minimum absolute atomic E-state index is 0.00978. The Morgan fingerprint density at radius 2 is 2.10 bits per heavy atom. The van der Waals surface area contributed by atoms with E-state index in [9.17, 15) is 4.79 Å². The minimum atomic E-state index is 0.00978. The third-order valence-electron chi connectivity index (χ3n) is 3.16. The summed E-state index contributed by atoms with van der Waals surface area (Å²) in [4.78, 5) is 16.2. The number of hydrogen-bond acceptors (Lipinski definition) is 3. The molecule has 0 aliphatic heterocycles. The molecule has 0 saturated carbocycles. The first kappa shape index (κ1) is 14.5. The summed E-state index contributed by atoms with van der Waals surface area (Å²) in [6.07, 6.45) is 7.97. The molecule has 0 spiro atoms. The average molecular weight is 275 g/mol. The van der Waals surface area contributed by atoms with E-state index in [0.29, 0.717) is 13.0 Å². The summed E-state index contributed by atoms with van der Waals surface area (Å²) >= 11 is 0. The zero-order valence-electron chi connectivity index (χ0n) is 11.6. The Hall–Kier alpha value is -1.88. The highest BCUT2D eigenvalue weighted by Gasteiger charge is 2.06. The van der Waals surface area contributed by atoms with Gasteiger partial charge in [0, 0.05) is 25.5 Å². The lowest BCUT2D eigenvalue weighted by Gasteiger charge is -2.03. The van der Waals surface area contributed by atoms with Gasteiger partial charge in [-0.1, -0.05) is 18.9 Å². The zero-order chi connectivity index (χ0) is 14.2. The lowest BCUT2D eigenvalue weighted by Crippen LogP contribution is -2.26. The van der Waals surface area contributed by atoms with Crippen molar-refractivity contribution < 1.29 is 9.90 Å². The molecule has 0 radical (unpaired) electrons. The molecule has 2 N–H and O–H groups in total. The van der Waals surface area contributed by atoms with E-state index < -0.39 is 0 Å². The summed E-state index contributed by atoms with van der Waals surface area (Å²) in [5.74, 6) is 0.00978. The number of fused-ring (bicyclic) bond motifs is 1. The number of imidazole rings is 1. The molecule has 2 heterocycles. The molecule has 0 fully saturated rings. The number of aromatic nitrogens is 2. The lowest BCUT2D eigenvalue weighted by molar-refractivity contribution is -0.120. The van der Waals surface area contributed by atoms with Crippen molar-refractivity contribution in [3.8, 4) is 0 Å². The smallest absolute Gasteiger partial charge is 0.226 e. The van der Waals surface area contributed by atoms with Gasteiger partial charge >= 0.3 is 0 Å². The van der Waals surface area contributed by atoms with E-state index in [-0.39, 0.29) is 12.5 Å². The third-order valence-corrected chi connectivity index (χ3v) is 3.16. The van der Waals surface area contributed by atoms with Gasteiger partial charge in [0.05, 0.1) is 12.1 Å². The molecular weight excluding hydrogens is 254 g/mol. The number of unbranched alkanes of at least 4 members (excludes halogenated alkanes) is 3. The fourth-order valence-corrected chi connectivity index (χ4v) is 2.12. The molecule has 20 heavy (non-hydrogen) atoms. The summed E-state index contributed by atoms with van der Waals surface area (Å²) in [6.45, 7) is 0.942. The fourth-order valence-electron chi connectivity index (χ4n) is 2.12. The standard InChI is InChI=1S/C15H21N3O2/c19-10-6-2-1-4-8-16-15(20)11-13-12-18-9-5-3-7-14(18)17-13/h3,5,7,9,12,19H,1-2,4,6,8,10-11H2,(H,16,20). The predicted molar refractivity (Wildman–Crippen MR) is 77.5 cm³/mol. The van der Waals surface area contributed by atoms with Crippen molar-refractivity contribution in [2.45, 2.75) is 32.1 Å². The number of amides is 1. The number of carbonyl (C=O) groups excluding carboxylic acids is 1. The summed E-state index contributed by atoms with van der Waals surface area (Å²) in [5, 5.41) is 11.6. The predicted octanol–water partition coefficient (Wildman–Crippen LogP) is 1.55. The van der Waals surface area contributed by atoms with Crippen molar-refractivity contribution in [3.63, 3.8) is 0 Å². The molecule has 1 amide bonds. The lowest BCUT2D eigenvalue weighted by atomic mass is 10.2. The summed E-state index contributed by atoms with van der Waals surface area (Å²) in [7, 11) is 0. The van der Waals surface area contributed by atoms with Crippen molar-refractivity contribution in [3.05, 3.63) is 36.3 Å². The molecule has 0 aliphatic carbocycles. The van der Waals surface area contributed by atoms with Gasteiger partial charge in [-0.05, 0) is 25.0 Å². The monoisotopic (exact) mass is 275 g/mol. The van der Waals surface area contributed by atoms with E-state index in [2.05, 4.69) is 10.3 Å². The van der Waals surface area contributed by atoms with Gasteiger partial charge < -0.3 is 14.8 Å². The van der Waals surface area contributed by atoms with Gasteiger partial charge in [-0.15, -0.1) is 0 Å². The molecule has 0 aromatic carbocycles. The Morgan fingerprint density at radius 1 is 1.25 bits per heavy atom. The van der Waals surface area contributed by atoms with Crippen LogP contribution in [0.4, 0.5) is 0 Å². The van der Waals surface area contributed by atoms with Crippen molar-refractivity contribution in [2.75, 3.05) is 13.2 Å². The van der Waals surface area contributed by atoms with Gasteiger partial charge in [-0.2, -0.15) is 0 Å². The number of nitrogens with one attached hydrogen (secondary N) is 1. The van der Waals surface area contributed by atoms with Gasteiger partial charge in [-0.3, -0.25) is 4.79 Å². The molecule has 108 valence electrons. The molecular formula is C15H21N3O2. The molecule has 0 unspecified atom stereocenters. The normalized spacial score (nSPS) is 10.8. The van der Waals surface area contributed by atoms with Gasteiger partial charge in [-0.25, -0.2) is 4.98 Å². The van der Waals surface area contributed by atoms with Crippen LogP contribution in [0.25, 0.3) is 5.65 Å². The molecule has 2 aromatic heterocycles. The number of nitrogens with zero attached hydrogens (tertiary/aromatic N) is 2. The number of aliphatic hydroxyl groups excluding tert-OH is 1. The van der Waals surface area contributed by atoms with Crippen LogP contribution in [-0.2, 0) is 11.2 Å². The first-order valence-electron chi connectivity index (χ1n) is 7.10. The maximum Gasteiger partial charge on any atom is 0.226 e. The van der Waals surface area contributed by atoms with Crippen LogP contribution in [0, 0.1) is 0 Å². The van der Waals surface area contributed by atoms with E-state index in [1.165, 1.54) is 0 Å². The van der Waals surface area contributed by atoms with E-state index in [1.807, 2.05) is 35.0 Å². The summed E-state index contributed by atoms with van der Waals surface area (Å²) in [6, 6.07) is 5.78. The van der Waals surface area contributed by atoms with E-state index in [4.69, 9.17) is 5.11 Å². The van der Waals surface area contributed by atoms with Gasteiger partial charge in [0.1, 0.15) is 5.65 Å². The average Bonchev–Trinajstić information content (AvgIpc) is 2.84. The Morgan fingerprint density at radius 3 is 2.90 bits per heavy atom. The topological polar surface area (TPSA) is 66.6 Å². The van der Waals surface area contributed by atoms with Crippen molar-refractivity contribution in [2.24, 2.45) is 0 Å². The zero-order valence-corrected chi connectivity index (χ0v) is 11.6. The summed E-state index contributed by atoms with van der Waals surface area (Å²) < 4.78 is 1.91. The molecule has 0 aliphatic rings. The van der Waals surface area contributed by atoms with Gasteiger partial charge in [0.25, 0.3) is 0 Å². The minimum Gasteiger partial charge on any atom is -0.396 e. The maximum absolute atomic E-state index is 11.8. The van der Waals surface area contributed by atoms with Gasteiger partial charge in [0.15, 0.2) is 0 Å². The summed E-state index contributed by atoms with van der Waals surface area (Å²) in [5.41, 5.74) is 1.65. The van der Waals surface area contributed by atoms with Crippen LogP contribution in [-0.4, -0.2) is 33.6 Å². The fraction of sp³-hybridized carbons (Fsp3) is 0.467. The number of rotatable bonds is 8. The molecule has 5 nitrogen and oxygen atoms in total. The molecule has 2 aromatic rings. The molecule has 0 bridgehead atoms. The second-order valence-electron chi connectivity index (χ2n) is 4.86. The largest absolute Gasteiger partial charge is 0.396 e. The van der Waals surface area contributed by atoms with Crippen LogP contribution < -0.4 is 5.32 Å². The van der Waals surface area contributed by atoms with Crippen molar-refractivity contribution in [1.82, 2.24) is 14.7 Å². The van der Waals surface area contributed by atoms with E-state index in [1.54, 1.807) is 0 Å². The maximum atomic E-state index is 11.8. The van der Waals surface area contributed by atoms with Crippen LogP contribution in [0.2, 0.25) is 0 Å². The molecule has 0 atom stereocenters. The number of pyridine rings is 1. The van der Waals surface area contributed by atoms with Crippen LogP contribution in [0.5, 0.6) is 0 Å². The van der Waals surface area contributed by atoms with Gasteiger partial charge in [0.2, 0.25) is 5.91 Å². The Bertz CT molecular complexity index is 518. The van der Waals surface area contributed by atoms with E-state index >= 15 is 0 Å². The highest BCUT2D eigenvalue weighted by Crippen LogP contribution is 2.05. The van der Waals surface area contributed by atoms with E-state index in [0.717, 1.165) is 37.0 Å². The number of hydrogen-bond donors (Lipinski definition) is 2. The Balaban J connectivity index is 1.71. The first-order valence-corrected chi connectivity index (χ1v) is 7.10. The second kappa shape index (κ2) is 7.65. The molecule has 5 heteroatoms. The van der Waals surface area contributed by atoms with Crippen LogP contribution >= 0.6 is 0 Å². The molecule has 0 saturated heterocycles. The van der Waals surface area contributed by atoms with Crippen molar-refractivity contribution >= 4 is 11.6 Å². The number of aliphatic hydroxyl groups is 1. The highest BCUT2D eigenvalue weighted by atomic mass is 16.2.